The Bertz CT molecular complexity index is 212. The second-order valence-electron chi connectivity index (χ2n) is 2.00. The lowest BCUT2D eigenvalue weighted by Crippen LogP contribution is -1.63. The predicted octanol–water partition coefficient (Wildman–Crippen LogP) is 2.17. The Labute approximate surface area is 48.5 Å². The molecular weight excluding hydrogens is 96.1 g/mol. The molecule has 0 fully saturated rings. The largest absolute Gasteiger partial charge is 0.0611 e. The summed E-state index contributed by atoms with van der Waals surface area (Å²) in [7, 11) is 0. The van der Waals surface area contributed by atoms with Gasteiger partial charge in [-0.15, -0.1) is 0 Å². The molecule has 0 radical (unpaired) electrons. The van der Waals surface area contributed by atoms with Gasteiger partial charge in [-0.1, -0.05) is 30.4 Å². The van der Waals surface area contributed by atoms with Crippen molar-refractivity contribution in [3.63, 3.8) is 0 Å². The maximum absolute atomic E-state index is 2.17. The third kappa shape index (κ3) is 0.399. The van der Waals surface area contributed by atoms with Crippen LogP contribution in [-0.2, 0) is 0 Å². The van der Waals surface area contributed by atoms with Gasteiger partial charge in [-0.3, -0.25) is 0 Å². The summed E-state index contributed by atoms with van der Waals surface area (Å²) in [5, 5.41) is 0. The van der Waals surface area contributed by atoms with Crippen LogP contribution in [0.1, 0.15) is 11.1 Å². The minimum atomic E-state index is 1.32. The van der Waals surface area contributed by atoms with E-state index in [1.54, 1.807) is 0 Å². The molecule has 0 spiro atoms. The fourth-order valence-electron chi connectivity index (χ4n) is 0.959. The monoisotopic (exact) mass is 102 g/mol. The Balaban J connectivity index is 2.82. The average Bonchev–Trinajstić information content (AvgIpc) is 2.12. The molecule has 0 heteroatoms. The molecule has 1 aliphatic carbocycles. The van der Waals surface area contributed by atoms with Crippen LogP contribution in [-0.4, -0.2) is 0 Å². The van der Waals surface area contributed by atoms with Gasteiger partial charge in [0, 0.05) is 0 Å². The molecule has 0 nitrogen and oxygen atoms in total. The van der Waals surface area contributed by atoms with Crippen LogP contribution in [0.15, 0.2) is 24.3 Å². The lowest BCUT2D eigenvalue weighted by Gasteiger charge is -1.83. The molecule has 0 aromatic heterocycles. The normalized spacial score (nSPS) is 12.5. The van der Waals surface area contributed by atoms with Gasteiger partial charge < -0.3 is 0 Å². The fourth-order valence-corrected chi connectivity index (χ4v) is 0.959. The standard InChI is InChI=1S/C8H6/c1-2-7-4-5-8(3-1)6-7/h1-6H. The summed E-state index contributed by atoms with van der Waals surface area (Å²) in [6, 6.07) is 8.45. The summed E-state index contributed by atoms with van der Waals surface area (Å²) in [4.78, 5) is 0. The van der Waals surface area contributed by atoms with Crippen LogP contribution in [0.3, 0.4) is 0 Å². The average molecular weight is 102 g/mol. The molecule has 2 bridgehead atoms. The Hall–Kier alpha value is -1.04. The van der Waals surface area contributed by atoms with Crippen LogP contribution in [0.25, 0.3) is 12.2 Å². The lowest BCUT2D eigenvalue weighted by atomic mass is 10.2. The highest BCUT2D eigenvalue weighted by molar-refractivity contribution is 5.76. The van der Waals surface area contributed by atoms with E-state index < -0.39 is 0 Å². The molecule has 2 rings (SSSR count). The molecule has 0 saturated heterocycles. The molecule has 0 aliphatic heterocycles. The van der Waals surface area contributed by atoms with Gasteiger partial charge in [-0.05, 0) is 17.2 Å². The van der Waals surface area contributed by atoms with E-state index in [0.29, 0.717) is 0 Å². The van der Waals surface area contributed by atoms with E-state index in [-0.39, 0.29) is 0 Å². The molecule has 0 heterocycles. The molecule has 1 aromatic carbocycles. The molecule has 0 N–H and O–H groups in total. The summed E-state index contributed by atoms with van der Waals surface area (Å²) in [6.07, 6.45) is 4.24. The third-order valence-electron chi connectivity index (χ3n) is 1.38. The first-order valence-corrected chi connectivity index (χ1v) is 2.73. The van der Waals surface area contributed by atoms with E-state index >= 15 is 0 Å². The van der Waals surface area contributed by atoms with E-state index in [0.717, 1.165) is 0 Å². The van der Waals surface area contributed by atoms with Crippen molar-refractivity contribution in [2.75, 3.05) is 0 Å². The van der Waals surface area contributed by atoms with Gasteiger partial charge in [0.25, 0.3) is 0 Å². The number of hydrogen-bond acceptors (Lipinski definition) is 0. The van der Waals surface area contributed by atoms with Crippen LogP contribution < -0.4 is 0 Å². The first-order valence-electron chi connectivity index (χ1n) is 2.73. The smallest absolute Gasteiger partial charge is 0.0251 e. The van der Waals surface area contributed by atoms with Crippen LogP contribution >= 0.6 is 0 Å². The van der Waals surface area contributed by atoms with Gasteiger partial charge in [0.2, 0.25) is 0 Å². The zero-order valence-electron chi connectivity index (χ0n) is 4.46. The fraction of sp³-hybridized carbons (Fsp3) is 0. The Morgan fingerprint density at radius 2 is 1.50 bits per heavy atom. The molecule has 0 saturated carbocycles. The van der Waals surface area contributed by atoms with Gasteiger partial charge in [-0.2, -0.15) is 0 Å². The summed E-state index contributed by atoms with van der Waals surface area (Å²) in [5.74, 6) is 0. The lowest BCUT2D eigenvalue weighted by molar-refractivity contribution is 1.67. The first kappa shape index (κ1) is 3.90. The van der Waals surface area contributed by atoms with Gasteiger partial charge in [-0.25, -0.2) is 0 Å². The minimum Gasteiger partial charge on any atom is -0.0611 e. The second-order valence-corrected chi connectivity index (χ2v) is 2.00. The van der Waals surface area contributed by atoms with Crippen molar-refractivity contribution in [2.24, 2.45) is 0 Å². The molecule has 0 amide bonds. The highest BCUT2D eigenvalue weighted by atomic mass is 14.0. The van der Waals surface area contributed by atoms with Crippen molar-refractivity contribution in [2.45, 2.75) is 0 Å². The van der Waals surface area contributed by atoms with E-state index in [1.165, 1.54) is 11.1 Å². The Kier molecular flexibility index (Phi) is 0.595. The van der Waals surface area contributed by atoms with Crippen molar-refractivity contribution in [3.8, 4) is 0 Å². The minimum absolute atomic E-state index is 1.32. The second kappa shape index (κ2) is 1.22. The van der Waals surface area contributed by atoms with E-state index in [2.05, 4.69) is 36.4 Å². The van der Waals surface area contributed by atoms with Gasteiger partial charge in [0.15, 0.2) is 0 Å². The summed E-state index contributed by atoms with van der Waals surface area (Å²) < 4.78 is 0. The van der Waals surface area contributed by atoms with Crippen molar-refractivity contribution in [3.05, 3.63) is 35.4 Å². The van der Waals surface area contributed by atoms with E-state index in [4.69, 9.17) is 0 Å². The molecule has 0 unspecified atom stereocenters. The number of benzene rings is 1. The van der Waals surface area contributed by atoms with Gasteiger partial charge >= 0.3 is 0 Å². The molecule has 38 valence electrons. The number of hydrogen-bond donors (Lipinski definition) is 0. The highest BCUT2D eigenvalue weighted by Gasteiger charge is 1.94. The predicted molar refractivity (Wildman–Crippen MR) is 35.4 cm³/mol. The number of fused-ring (bicyclic) bond motifs is 2. The van der Waals surface area contributed by atoms with Gasteiger partial charge in [0.1, 0.15) is 0 Å². The summed E-state index contributed by atoms with van der Waals surface area (Å²) in [5.41, 5.74) is 2.64. The zero-order chi connectivity index (χ0) is 5.40. The first-order chi connectivity index (χ1) is 3.95. The Morgan fingerprint density at radius 1 is 0.875 bits per heavy atom. The maximum Gasteiger partial charge on any atom is -0.0251 e. The van der Waals surface area contributed by atoms with Crippen LogP contribution in [0.2, 0.25) is 0 Å². The third-order valence-corrected chi connectivity index (χ3v) is 1.38. The molecular formula is C8H6. The zero-order valence-corrected chi connectivity index (χ0v) is 4.46. The summed E-state index contributed by atoms with van der Waals surface area (Å²) >= 11 is 0. The molecule has 8 heavy (non-hydrogen) atoms. The topological polar surface area (TPSA) is 0 Å². The van der Waals surface area contributed by atoms with Crippen molar-refractivity contribution in [1.29, 1.82) is 0 Å². The number of rotatable bonds is 0. The highest BCUT2D eigenvalue weighted by Crippen LogP contribution is 2.16. The molecule has 1 aromatic rings. The molecule has 1 aliphatic rings. The quantitative estimate of drug-likeness (QED) is 0.478. The molecule has 0 atom stereocenters. The van der Waals surface area contributed by atoms with Gasteiger partial charge in [0.05, 0.1) is 0 Å². The van der Waals surface area contributed by atoms with Crippen LogP contribution in [0, 0.1) is 0 Å². The SMILES string of the molecule is C1=Cc2cccc1c2. The Morgan fingerprint density at radius 3 is 2.00 bits per heavy atom. The van der Waals surface area contributed by atoms with Crippen molar-refractivity contribution < 1.29 is 0 Å². The van der Waals surface area contributed by atoms with Crippen molar-refractivity contribution >= 4 is 12.2 Å². The summed E-state index contributed by atoms with van der Waals surface area (Å²) in [6.45, 7) is 0. The van der Waals surface area contributed by atoms with E-state index in [9.17, 15) is 0 Å². The van der Waals surface area contributed by atoms with Crippen molar-refractivity contribution in [1.82, 2.24) is 0 Å². The van der Waals surface area contributed by atoms with Crippen LogP contribution in [0.4, 0.5) is 0 Å². The maximum atomic E-state index is 2.17. The van der Waals surface area contributed by atoms with Crippen LogP contribution in [0.5, 0.6) is 0 Å². The van der Waals surface area contributed by atoms with E-state index in [1.807, 2.05) is 0 Å².